The van der Waals surface area contributed by atoms with E-state index in [1.165, 1.54) is 9.80 Å². The lowest BCUT2D eigenvalue weighted by atomic mass is 9.63. The second-order valence-corrected chi connectivity index (χ2v) is 10.3. The normalized spacial score (nSPS) is 21.7. The van der Waals surface area contributed by atoms with Crippen molar-refractivity contribution >= 4 is 23.5 Å². The van der Waals surface area contributed by atoms with E-state index in [0.717, 1.165) is 5.75 Å². The molecule has 196 valence electrons. The minimum atomic E-state index is -0.593. The van der Waals surface area contributed by atoms with E-state index in [-0.39, 0.29) is 47.5 Å². The van der Waals surface area contributed by atoms with Crippen molar-refractivity contribution in [3.8, 4) is 17.4 Å². The largest absolute Gasteiger partial charge is 0.474 e. The van der Waals surface area contributed by atoms with E-state index in [9.17, 15) is 14.4 Å². The molecule has 2 aliphatic rings. The van der Waals surface area contributed by atoms with Gasteiger partial charge in [0.2, 0.25) is 5.88 Å². The number of benzene rings is 2. The summed E-state index contributed by atoms with van der Waals surface area (Å²) in [5.41, 5.74) is 6.20. The second-order valence-electron chi connectivity index (χ2n) is 10.3. The second kappa shape index (κ2) is 10.2. The predicted molar refractivity (Wildman–Crippen MR) is 141 cm³/mol. The SMILES string of the molecule is C[C@@H](CC1(C)CC(N2C(=O)CN(c3ccc(Oc4ccccc4)cc3)C2=O)C1)Oc1ncccc1C(N)=O. The third kappa shape index (κ3) is 5.18. The Labute approximate surface area is 221 Å². The highest BCUT2D eigenvalue weighted by Gasteiger charge is 2.51. The number of rotatable bonds is 9. The Morgan fingerprint density at radius 3 is 2.42 bits per heavy atom. The number of nitrogens with two attached hydrogens (primary N) is 1. The first-order valence-electron chi connectivity index (χ1n) is 12.6. The fourth-order valence-corrected chi connectivity index (χ4v) is 5.42. The van der Waals surface area contributed by atoms with Crippen molar-refractivity contribution in [3.05, 3.63) is 78.5 Å². The van der Waals surface area contributed by atoms with Gasteiger partial charge in [-0.05, 0) is 80.1 Å². The van der Waals surface area contributed by atoms with Gasteiger partial charge < -0.3 is 15.2 Å². The number of nitrogens with zero attached hydrogens (tertiary/aromatic N) is 3. The van der Waals surface area contributed by atoms with Crippen LogP contribution in [0.15, 0.2) is 72.9 Å². The van der Waals surface area contributed by atoms with Crippen LogP contribution < -0.4 is 20.1 Å². The average molecular weight is 515 g/mol. The lowest BCUT2D eigenvalue weighted by Gasteiger charge is -2.49. The van der Waals surface area contributed by atoms with Gasteiger partial charge in [0, 0.05) is 17.9 Å². The van der Waals surface area contributed by atoms with Gasteiger partial charge >= 0.3 is 6.03 Å². The Kier molecular flexibility index (Phi) is 6.75. The highest BCUT2D eigenvalue weighted by molar-refractivity contribution is 6.12. The number of anilines is 1. The molecule has 2 fully saturated rings. The van der Waals surface area contributed by atoms with Gasteiger partial charge in [0.15, 0.2) is 0 Å². The minimum absolute atomic E-state index is 0.0139. The number of hydrogen-bond donors (Lipinski definition) is 1. The summed E-state index contributed by atoms with van der Waals surface area (Å²) < 4.78 is 11.7. The molecule has 0 unspecified atom stereocenters. The van der Waals surface area contributed by atoms with Crippen LogP contribution in [0.3, 0.4) is 0 Å². The summed E-state index contributed by atoms with van der Waals surface area (Å²) in [5.74, 6) is 0.793. The maximum absolute atomic E-state index is 13.2. The third-order valence-electron chi connectivity index (χ3n) is 7.08. The van der Waals surface area contributed by atoms with Crippen LogP contribution in [-0.2, 0) is 4.79 Å². The first-order chi connectivity index (χ1) is 18.2. The third-order valence-corrected chi connectivity index (χ3v) is 7.08. The summed E-state index contributed by atoms with van der Waals surface area (Å²) >= 11 is 0. The molecule has 2 N–H and O–H groups in total. The Balaban J connectivity index is 1.17. The fraction of sp³-hybridized carbons (Fsp3) is 0.310. The van der Waals surface area contributed by atoms with E-state index in [4.69, 9.17) is 15.2 Å². The maximum Gasteiger partial charge on any atom is 0.331 e. The van der Waals surface area contributed by atoms with Crippen molar-refractivity contribution in [1.82, 2.24) is 9.88 Å². The highest BCUT2D eigenvalue weighted by atomic mass is 16.5. The van der Waals surface area contributed by atoms with Crippen molar-refractivity contribution in [1.29, 1.82) is 0 Å². The number of para-hydroxylation sites is 1. The number of amides is 4. The van der Waals surface area contributed by atoms with Gasteiger partial charge in [-0.3, -0.25) is 19.4 Å². The van der Waals surface area contributed by atoms with Crippen LogP contribution in [-0.4, -0.2) is 46.4 Å². The van der Waals surface area contributed by atoms with Crippen LogP contribution in [0.1, 0.15) is 43.5 Å². The van der Waals surface area contributed by atoms with E-state index in [1.807, 2.05) is 37.3 Å². The molecule has 5 rings (SSSR count). The topological polar surface area (TPSA) is 115 Å². The van der Waals surface area contributed by atoms with Crippen LogP contribution in [0.4, 0.5) is 10.5 Å². The molecule has 0 bridgehead atoms. The Morgan fingerprint density at radius 2 is 1.74 bits per heavy atom. The lowest BCUT2D eigenvalue weighted by Crippen LogP contribution is -2.53. The Bertz CT molecular complexity index is 1340. The molecule has 0 radical (unpaired) electrons. The zero-order valence-corrected chi connectivity index (χ0v) is 21.4. The van der Waals surface area contributed by atoms with Gasteiger partial charge in [-0.15, -0.1) is 0 Å². The van der Waals surface area contributed by atoms with Gasteiger partial charge in [0.05, 0.1) is 6.10 Å². The summed E-state index contributed by atoms with van der Waals surface area (Å²) in [6.45, 7) is 4.04. The summed E-state index contributed by atoms with van der Waals surface area (Å²) in [6, 6.07) is 19.3. The molecule has 0 spiro atoms. The fourth-order valence-electron chi connectivity index (χ4n) is 5.42. The number of urea groups is 1. The quantitative estimate of drug-likeness (QED) is 0.412. The molecule has 38 heavy (non-hydrogen) atoms. The first kappa shape index (κ1) is 25.3. The number of carbonyl (C=O) groups excluding carboxylic acids is 3. The molecule has 9 nitrogen and oxygen atoms in total. The number of ether oxygens (including phenoxy) is 2. The standard InChI is InChI=1S/C29H30N4O5/c1-19(37-27-24(26(30)35)9-6-14-31-27)15-29(2)16-21(17-29)33-25(34)18-32(28(33)36)20-10-12-23(13-11-20)38-22-7-4-3-5-8-22/h3-14,19,21H,15-18H2,1-2H3,(H2,30,35)/t19-,21?,29?/m0/s1. The number of aromatic nitrogens is 1. The molecule has 1 aliphatic heterocycles. The molecule has 2 aromatic carbocycles. The molecule has 9 heteroatoms. The van der Waals surface area contributed by atoms with Gasteiger partial charge in [-0.1, -0.05) is 25.1 Å². The lowest BCUT2D eigenvalue weighted by molar-refractivity contribution is -0.130. The highest BCUT2D eigenvalue weighted by Crippen LogP contribution is 2.48. The molecule has 1 saturated carbocycles. The summed E-state index contributed by atoms with van der Waals surface area (Å²) in [4.78, 5) is 44.8. The molecule has 1 saturated heterocycles. The molecule has 2 heterocycles. The van der Waals surface area contributed by atoms with Crippen molar-refractivity contribution in [2.75, 3.05) is 11.4 Å². The number of carbonyl (C=O) groups is 3. The van der Waals surface area contributed by atoms with Crippen LogP contribution in [0, 0.1) is 5.41 Å². The predicted octanol–water partition coefficient (Wildman–Crippen LogP) is 4.77. The molecule has 1 aliphatic carbocycles. The van der Waals surface area contributed by atoms with Crippen LogP contribution in [0.25, 0.3) is 0 Å². The molecule has 1 atom stereocenters. The van der Waals surface area contributed by atoms with Crippen LogP contribution >= 0.6 is 0 Å². The van der Waals surface area contributed by atoms with E-state index in [1.54, 1.807) is 42.6 Å². The number of primary amides is 1. The van der Waals surface area contributed by atoms with Crippen LogP contribution in [0.5, 0.6) is 17.4 Å². The molecule has 1 aromatic heterocycles. The maximum atomic E-state index is 13.2. The van der Waals surface area contributed by atoms with Crippen LogP contribution in [0.2, 0.25) is 0 Å². The zero-order chi connectivity index (χ0) is 26.9. The minimum Gasteiger partial charge on any atom is -0.474 e. The van der Waals surface area contributed by atoms with Crippen molar-refractivity contribution in [2.45, 2.75) is 45.3 Å². The number of hydrogen-bond acceptors (Lipinski definition) is 6. The van der Waals surface area contributed by atoms with Crippen molar-refractivity contribution in [3.63, 3.8) is 0 Å². The summed E-state index contributed by atoms with van der Waals surface area (Å²) in [6.07, 6.45) is 3.37. The van der Waals surface area contributed by atoms with Gasteiger partial charge in [-0.2, -0.15) is 0 Å². The number of imide groups is 1. The average Bonchev–Trinajstić information content (AvgIpc) is 3.17. The molecule has 3 aromatic rings. The summed E-state index contributed by atoms with van der Waals surface area (Å²) in [7, 11) is 0. The van der Waals surface area contributed by atoms with Crippen molar-refractivity contribution in [2.24, 2.45) is 11.1 Å². The number of pyridine rings is 1. The van der Waals surface area contributed by atoms with E-state index < -0.39 is 5.91 Å². The van der Waals surface area contributed by atoms with Crippen molar-refractivity contribution < 1.29 is 23.9 Å². The summed E-state index contributed by atoms with van der Waals surface area (Å²) in [5, 5.41) is 0. The van der Waals surface area contributed by atoms with E-state index in [0.29, 0.717) is 30.7 Å². The molecule has 4 amide bonds. The monoisotopic (exact) mass is 514 g/mol. The van der Waals surface area contributed by atoms with E-state index >= 15 is 0 Å². The van der Waals surface area contributed by atoms with Gasteiger partial charge in [0.25, 0.3) is 11.8 Å². The first-order valence-corrected chi connectivity index (χ1v) is 12.6. The van der Waals surface area contributed by atoms with E-state index in [2.05, 4.69) is 11.9 Å². The zero-order valence-electron chi connectivity index (χ0n) is 21.4. The molecular formula is C29H30N4O5. The molecular weight excluding hydrogens is 484 g/mol. The Morgan fingerprint density at radius 1 is 1.05 bits per heavy atom. The smallest absolute Gasteiger partial charge is 0.331 e. The Hall–Kier alpha value is -4.40. The van der Waals surface area contributed by atoms with Gasteiger partial charge in [0.1, 0.15) is 23.6 Å². The van der Waals surface area contributed by atoms with Gasteiger partial charge in [-0.25, -0.2) is 9.78 Å².